The van der Waals surface area contributed by atoms with Crippen molar-refractivity contribution in [2.75, 3.05) is 26.9 Å². The standard InChI is InChI=1S/C18H25NO3/c1-3-7-22-17-6-4-5-13(10-17)18(20)14-8-15-11-21-12-16(9-14)19(15)2/h4-6,10,14-16H,3,7-9,11-12H2,1-2H3. The number of likely N-dealkylation sites (N-methyl/N-ethyl adjacent to an activating group) is 1. The highest BCUT2D eigenvalue weighted by molar-refractivity contribution is 5.98. The van der Waals surface area contributed by atoms with Gasteiger partial charge in [0.1, 0.15) is 5.75 Å². The third-order valence-electron chi connectivity index (χ3n) is 4.85. The molecule has 0 spiro atoms. The Kier molecular flexibility index (Phi) is 4.79. The lowest BCUT2D eigenvalue weighted by Crippen LogP contribution is -2.55. The normalized spacial score (nSPS) is 28.4. The molecule has 4 nitrogen and oxygen atoms in total. The van der Waals surface area contributed by atoms with Crippen LogP contribution in [0.15, 0.2) is 24.3 Å². The van der Waals surface area contributed by atoms with Crippen LogP contribution in [0.5, 0.6) is 5.75 Å². The van der Waals surface area contributed by atoms with E-state index >= 15 is 0 Å². The highest BCUT2D eigenvalue weighted by Gasteiger charge is 2.39. The smallest absolute Gasteiger partial charge is 0.166 e. The quantitative estimate of drug-likeness (QED) is 0.784. The lowest BCUT2D eigenvalue weighted by molar-refractivity contribution is -0.0702. The number of carbonyl (C=O) groups is 1. The van der Waals surface area contributed by atoms with E-state index in [4.69, 9.17) is 9.47 Å². The molecular weight excluding hydrogens is 278 g/mol. The predicted octanol–water partition coefficient (Wildman–Crippen LogP) is 2.77. The maximum absolute atomic E-state index is 12.8. The number of benzene rings is 1. The number of ether oxygens (including phenoxy) is 2. The minimum atomic E-state index is 0.108. The first kappa shape index (κ1) is 15.5. The zero-order chi connectivity index (χ0) is 15.5. The van der Waals surface area contributed by atoms with E-state index < -0.39 is 0 Å². The summed E-state index contributed by atoms with van der Waals surface area (Å²) in [5, 5.41) is 0. The maximum Gasteiger partial charge on any atom is 0.166 e. The monoisotopic (exact) mass is 303 g/mol. The summed E-state index contributed by atoms with van der Waals surface area (Å²) in [4.78, 5) is 15.2. The third-order valence-corrected chi connectivity index (χ3v) is 4.85. The fraction of sp³-hybridized carbons (Fsp3) is 0.611. The lowest BCUT2D eigenvalue weighted by atomic mass is 9.81. The van der Waals surface area contributed by atoms with Crippen LogP contribution in [0.2, 0.25) is 0 Å². The number of Topliss-reactive ketones (excluding diaryl/α,β-unsaturated/α-hetero) is 1. The SMILES string of the molecule is CCCOc1cccc(C(=O)C2CC3COCC(C2)N3C)c1. The number of morpholine rings is 1. The van der Waals surface area contributed by atoms with Crippen LogP contribution in [0, 0.1) is 5.92 Å². The first-order chi connectivity index (χ1) is 10.7. The molecule has 2 heterocycles. The van der Waals surface area contributed by atoms with E-state index in [1.165, 1.54) is 0 Å². The number of rotatable bonds is 5. The van der Waals surface area contributed by atoms with Crippen LogP contribution < -0.4 is 4.74 Å². The molecule has 2 aliphatic rings. The molecule has 0 amide bonds. The second kappa shape index (κ2) is 6.80. The van der Waals surface area contributed by atoms with E-state index in [0.29, 0.717) is 18.7 Å². The van der Waals surface area contributed by atoms with Gasteiger partial charge >= 0.3 is 0 Å². The van der Waals surface area contributed by atoms with Gasteiger partial charge in [-0.05, 0) is 38.4 Å². The summed E-state index contributed by atoms with van der Waals surface area (Å²) >= 11 is 0. The van der Waals surface area contributed by atoms with E-state index in [1.807, 2.05) is 24.3 Å². The third kappa shape index (κ3) is 3.18. The Balaban J connectivity index is 1.71. The second-order valence-electron chi connectivity index (χ2n) is 6.42. The Morgan fingerprint density at radius 1 is 1.32 bits per heavy atom. The summed E-state index contributed by atoms with van der Waals surface area (Å²) in [5.74, 6) is 1.16. The molecule has 2 aliphatic heterocycles. The first-order valence-electron chi connectivity index (χ1n) is 8.25. The minimum absolute atomic E-state index is 0.108. The van der Waals surface area contributed by atoms with Gasteiger partial charge in [0.05, 0.1) is 19.8 Å². The van der Waals surface area contributed by atoms with Gasteiger partial charge in [-0.1, -0.05) is 19.1 Å². The van der Waals surface area contributed by atoms with E-state index in [9.17, 15) is 4.79 Å². The number of piperidine rings is 1. The van der Waals surface area contributed by atoms with Gasteiger partial charge in [-0.3, -0.25) is 9.69 Å². The highest BCUT2D eigenvalue weighted by atomic mass is 16.5. The van der Waals surface area contributed by atoms with Crippen molar-refractivity contribution in [1.29, 1.82) is 0 Å². The number of hydrogen-bond acceptors (Lipinski definition) is 4. The molecule has 4 heteroatoms. The largest absolute Gasteiger partial charge is 0.494 e. The molecule has 1 aromatic carbocycles. The summed E-state index contributed by atoms with van der Waals surface area (Å²) < 4.78 is 11.3. The van der Waals surface area contributed by atoms with Gasteiger partial charge in [-0.2, -0.15) is 0 Å². The van der Waals surface area contributed by atoms with Crippen LogP contribution in [0.3, 0.4) is 0 Å². The Hall–Kier alpha value is -1.39. The number of nitrogens with zero attached hydrogens (tertiary/aromatic N) is 1. The van der Waals surface area contributed by atoms with Gasteiger partial charge in [-0.25, -0.2) is 0 Å². The molecule has 0 N–H and O–H groups in total. The van der Waals surface area contributed by atoms with Crippen LogP contribution in [-0.2, 0) is 4.74 Å². The van der Waals surface area contributed by atoms with Crippen molar-refractivity contribution in [3.05, 3.63) is 29.8 Å². The lowest BCUT2D eigenvalue weighted by Gasteiger charge is -2.46. The van der Waals surface area contributed by atoms with E-state index in [1.54, 1.807) is 0 Å². The summed E-state index contributed by atoms with van der Waals surface area (Å²) in [7, 11) is 2.15. The van der Waals surface area contributed by atoms with Crippen LogP contribution in [0.1, 0.15) is 36.5 Å². The molecule has 2 saturated heterocycles. The molecule has 2 atom stereocenters. The Labute approximate surface area is 132 Å². The number of hydrogen-bond donors (Lipinski definition) is 0. The molecule has 2 bridgehead atoms. The predicted molar refractivity (Wildman–Crippen MR) is 85.4 cm³/mol. The van der Waals surface area contributed by atoms with Crippen molar-refractivity contribution in [3.63, 3.8) is 0 Å². The van der Waals surface area contributed by atoms with Gasteiger partial charge in [0, 0.05) is 23.6 Å². The topological polar surface area (TPSA) is 38.8 Å². The summed E-state index contributed by atoms with van der Waals surface area (Å²) in [6, 6.07) is 8.39. The Morgan fingerprint density at radius 3 is 2.73 bits per heavy atom. The molecule has 0 saturated carbocycles. The molecule has 22 heavy (non-hydrogen) atoms. The first-order valence-corrected chi connectivity index (χ1v) is 8.25. The zero-order valence-electron chi connectivity index (χ0n) is 13.5. The summed E-state index contributed by atoms with van der Waals surface area (Å²) in [5.41, 5.74) is 0.780. The number of carbonyl (C=O) groups excluding carboxylic acids is 1. The van der Waals surface area contributed by atoms with Crippen molar-refractivity contribution < 1.29 is 14.3 Å². The van der Waals surface area contributed by atoms with Crippen LogP contribution in [0.25, 0.3) is 0 Å². The van der Waals surface area contributed by atoms with Gasteiger partial charge in [0.25, 0.3) is 0 Å². The Morgan fingerprint density at radius 2 is 2.05 bits per heavy atom. The molecule has 0 radical (unpaired) electrons. The maximum atomic E-state index is 12.8. The van der Waals surface area contributed by atoms with Crippen LogP contribution >= 0.6 is 0 Å². The van der Waals surface area contributed by atoms with Crippen molar-refractivity contribution in [2.45, 2.75) is 38.3 Å². The van der Waals surface area contributed by atoms with Crippen molar-refractivity contribution in [1.82, 2.24) is 4.90 Å². The van der Waals surface area contributed by atoms with Crippen molar-refractivity contribution >= 4 is 5.78 Å². The molecular formula is C18H25NO3. The van der Waals surface area contributed by atoms with E-state index in [0.717, 1.165) is 43.8 Å². The second-order valence-corrected chi connectivity index (χ2v) is 6.42. The average molecular weight is 303 g/mol. The fourth-order valence-corrected chi connectivity index (χ4v) is 3.50. The highest BCUT2D eigenvalue weighted by Crippen LogP contribution is 2.32. The van der Waals surface area contributed by atoms with Gasteiger partial charge < -0.3 is 9.47 Å². The summed E-state index contributed by atoms with van der Waals surface area (Å²) in [6.45, 7) is 4.26. The average Bonchev–Trinajstić information content (AvgIpc) is 2.52. The minimum Gasteiger partial charge on any atom is -0.494 e. The van der Waals surface area contributed by atoms with E-state index in [-0.39, 0.29) is 11.7 Å². The summed E-state index contributed by atoms with van der Waals surface area (Å²) in [6.07, 6.45) is 2.76. The van der Waals surface area contributed by atoms with Gasteiger partial charge in [-0.15, -0.1) is 0 Å². The molecule has 3 rings (SSSR count). The molecule has 0 aromatic heterocycles. The molecule has 2 fully saturated rings. The van der Waals surface area contributed by atoms with Crippen LogP contribution in [-0.4, -0.2) is 49.6 Å². The number of fused-ring (bicyclic) bond motifs is 2. The van der Waals surface area contributed by atoms with Gasteiger partial charge in [0.2, 0.25) is 0 Å². The fourth-order valence-electron chi connectivity index (χ4n) is 3.50. The van der Waals surface area contributed by atoms with Crippen LogP contribution in [0.4, 0.5) is 0 Å². The molecule has 120 valence electrons. The van der Waals surface area contributed by atoms with Gasteiger partial charge in [0.15, 0.2) is 5.78 Å². The molecule has 2 unspecified atom stereocenters. The van der Waals surface area contributed by atoms with Crippen molar-refractivity contribution in [2.24, 2.45) is 5.92 Å². The van der Waals surface area contributed by atoms with E-state index in [2.05, 4.69) is 18.9 Å². The molecule has 0 aliphatic carbocycles. The number of ketones is 1. The zero-order valence-corrected chi connectivity index (χ0v) is 13.5. The Bertz CT molecular complexity index is 517. The van der Waals surface area contributed by atoms with Crippen molar-refractivity contribution in [3.8, 4) is 5.75 Å². The molecule has 1 aromatic rings.